The van der Waals surface area contributed by atoms with E-state index in [1.807, 2.05) is 36.4 Å². The van der Waals surface area contributed by atoms with Crippen molar-refractivity contribution >= 4 is 29.3 Å². The van der Waals surface area contributed by atoms with Crippen molar-refractivity contribution in [2.75, 3.05) is 7.11 Å². The number of fused-ring (bicyclic) bond motifs is 1. The highest BCUT2D eigenvalue weighted by Gasteiger charge is 2.08. The van der Waals surface area contributed by atoms with E-state index in [-0.39, 0.29) is 21.6 Å². The van der Waals surface area contributed by atoms with E-state index in [2.05, 4.69) is 20.3 Å². The van der Waals surface area contributed by atoms with E-state index in [0.29, 0.717) is 17.7 Å². The number of methoxy groups -OCH3 is 1. The molecule has 0 amide bonds. The molecule has 30 heavy (non-hydrogen) atoms. The van der Waals surface area contributed by atoms with Crippen LogP contribution in [0.5, 0.6) is 5.75 Å². The number of nitrogens with one attached hydrogen (secondary N) is 2. The van der Waals surface area contributed by atoms with Crippen LogP contribution in [0.4, 0.5) is 0 Å². The van der Waals surface area contributed by atoms with Crippen LogP contribution in [-0.2, 0) is 6.42 Å². The molecule has 2 N–H and O–H groups in total. The van der Waals surface area contributed by atoms with E-state index >= 15 is 0 Å². The molecule has 0 spiro atoms. The zero-order valence-electron chi connectivity index (χ0n) is 16.0. The zero-order valence-corrected chi connectivity index (χ0v) is 16.8. The van der Waals surface area contributed by atoms with Gasteiger partial charge < -0.3 is 9.72 Å². The lowest BCUT2D eigenvalue weighted by molar-refractivity contribution is 0.415. The van der Waals surface area contributed by atoms with Crippen LogP contribution in [0.3, 0.4) is 0 Å². The number of H-pyrrole nitrogens is 2. The van der Waals surface area contributed by atoms with Crippen LogP contribution in [-0.4, -0.2) is 33.2 Å². The molecule has 0 bridgehead atoms. The fraction of sp³-hybridized carbons (Fsp3) is 0.0952. The minimum Gasteiger partial charge on any atom is -0.497 e. The molecular formula is C21H17N5O3S. The van der Waals surface area contributed by atoms with Crippen molar-refractivity contribution in [2.24, 2.45) is 5.10 Å². The number of nitrogens with zero attached hydrogens (tertiary/aromatic N) is 3. The minimum atomic E-state index is -0.444. The first-order valence-corrected chi connectivity index (χ1v) is 9.46. The van der Waals surface area contributed by atoms with Crippen LogP contribution in [0, 0.1) is 4.77 Å². The van der Waals surface area contributed by atoms with Gasteiger partial charge in [0, 0.05) is 12.5 Å². The van der Waals surface area contributed by atoms with E-state index in [1.165, 1.54) is 6.21 Å². The zero-order chi connectivity index (χ0) is 21.1. The smallest absolute Gasteiger partial charge is 0.297 e. The molecule has 0 aliphatic rings. The Kier molecular flexibility index (Phi) is 5.36. The standard InChI is InChI=1S/C21H17N5O3S/c1-29-16-8-7-14-10-15(19(27)23-17(14)11-16)12-22-26-20(28)18(24-25-21(26)30)9-13-5-3-2-4-6-13/h2-8,10-12H,9H2,1H3,(H,23,27)(H,25,30)/b22-12+. The summed E-state index contributed by atoms with van der Waals surface area (Å²) in [5, 5.41) is 11.6. The molecule has 0 aliphatic heterocycles. The second kappa shape index (κ2) is 8.26. The number of hydrogen-bond donors (Lipinski definition) is 2. The average molecular weight is 419 g/mol. The van der Waals surface area contributed by atoms with Crippen LogP contribution < -0.4 is 15.9 Å². The summed E-state index contributed by atoms with van der Waals surface area (Å²) >= 11 is 5.15. The number of pyridine rings is 1. The van der Waals surface area contributed by atoms with Crippen LogP contribution in [0.15, 0.2) is 69.3 Å². The maximum absolute atomic E-state index is 12.8. The highest BCUT2D eigenvalue weighted by Crippen LogP contribution is 2.18. The lowest BCUT2D eigenvalue weighted by Gasteiger charge is -2.04. The van der Waals surface area contributed by atoms with Gasteiger partial charge >= 0.3 is 0 Å². The summed E-state index contributed by atoms with van der Waals surface area (Å²) in [6.45, 7) is 0. The summed E-state index contributed by atoms with van der Waals surface area (Å²) in [7, 11) is 1.56. The normalized spacial score (nSPS) is 11.2. The van der Waals surface area contributed by atoms with Gasteiger partial charge in [0.05, 0.1) is 24.4 Å². The number of aromatic amines is 2. The monoisotopic (exact) mass is 419 g/mol. The Morgan fingerprint density at radius 1 is 1.17 bits per heavy atom. The predicted molar refractivity (Wildman–Crippen MR) is 117 cm³/mol. The van der Waals surface area contributed by atoms with Crippen LogP contribution >= 0.6 is 12.2 Å². The van der Waals surface area contributed by atoms with Gasteiger partial charge in [0.15, 0.2) is 0 Å². The molecule has 150 valence electrons. The molecule has 0 radical (unpaired) electrons. The molecular weight excluding hydrogens is 402 g/mol. The van der Waals surface area contributed by atoms with Crippen LogP contribution in [0.1, 0.15) is 16.8 Å². The molecule has 4 aromatic rings. The van der Waals surface area contributed by atoms with Gasteiger partial charge in [-0.1, -0.05) is 30.3 Å². The second-order valence-electron chi connectivity index (χ2n) is 6.51. The van der Waals surface area contributed by atoms with Gasteiger partial charge in [-0.15, -0.1) is 0 Å². The Morgan fingerprint density at radius 3 is 2.73 bits per heavy atom. The Hall–Kier alpha value is -3.85. The molecule has 2 heterocycles. The lowest BCUT2D eigenvalue weighted by atomic mass is 10.1. The molecule has 8 nitrogen and oxygen atoms in total. The Morgan fingerprint density at radius 2 is 1.97 bits per heavy atom. The van der Waals surface area contributed by atoms with Crippen molar-refractivity contribution in [3.63, 3.8) is 0 Å². The number of aromatic nitrogens is 4. The highest BCUT2D eigenvalue weighted by molar-refractivity contribution is 7.71. The summed E-state index contributed by atoms with van der Waals surface area (Å²) in [6.07, 6.45) is 1.64. The highest BCUT2D eigenvalue weighted by atomic mass is 32.1. The largest absolute Gasteiger partial charge is 0.497 e. The third-order valence-electron chi connectivity index (χ3n) is 4.53. The van der Waals surface area contributed by atoms with E-state index < -0.39 is 5.56 Å². The summed E-state index contributed by atoms with van der Waals surface area (Å²) in [5.74, 6) is 0.639. The Bertz CT molecular complexity index is 1420. The molecule has 2 aromatic carbocycles. The van der Waals surface area contributed by atoms with Crippen molar-refractivity contribution in [3.05, 3.63) is 96.9 Å². The maximum atomic E-state index is 12.8. The summed E-state index contributed by atoms with van der Waals surface area (Å²) < 4.78 is 6.23. The van der Waals surface area contributed by atoms with Crippen LogP contribution in [0.25, 0.3) is 10.9 Å². The van der Waals surface area contributed by atoms with E-state index in [9.17, 15) is 9.59 Å². The minimum absolute atomic E-state index is 0.0371. The topological polar surface area (TPSA) is 105 Å². The average Bonchev–Trinajstić information content (AvgIpc) is 2.76. The third-order valence-corrected chi connectivity index (χ3v) is 4.79. The van der Waals surface area contributed by atoms with E-state index in [1.54, 1.807) is 25.3 Å². The van der Waals surface area contributed by atoms with Gasteiger partial charge in [-0.2, -0.15) is 14.9 Å². The summed E-state index contributed by atoms with van der Waals surface area (Å²) in [5.41, 5.74) is 1.34. The third kappa shape index (κ3) is 3.96. The van der Waals surface area contributed by atoms with Gasteiger partial charge in [-0.3, -0.25) is 14.7 Å². The molecule has 4 rings (SSSR count). The van der Waals surface area contributed by atoms with Gasteiger partial charge in [0.1, 0.15) is 11.4 Å². The number of hydrogen-bond acceptors (Lipinski definition) is 6. The maximum Gasteiger partial charge on any atom is 0.297 e. The Labute approximate surface area is 175 Å². The lowest BCUT2D eigenvalue weighted by Crippen LogP contribution is -2.25. The van der Waals surface area contributed by atoms with Gasteiger partial charge in [0.2, 0.25) is 4.77 Å². The fourth-order valence-electron chi connectivity index (χ4n) is 2.97. The summed E-state index contributed by atoms with van der Waals surface area (Å²) in [4.78, 5) is 28.0. The SMILES string of the molecule is COc1ccc2cc(/C=N/n3c(=S)[nH]nc(Cc4ccccc4)c3=O)c(=O)[nH]c2c1. The number of rotatable bonds is 5. The Balaban J connectivity index is 1.71. The van der Waals surface area contributed by atoms with Crippen LogP contribution in [0.2, 0.25) is 0 Å². The second-order valence-corrected chi connectivity index (χ2v) is 6.89. The number of benzene rings is 2. The quantitative estimate of drug-likeness (QED) is 0.382. The summed E-state index contributed by atoms with van der Waals surface area (Å²) in [6, 6.07) is 16.5. The fourth-order valence-corrected chi connectivity index (χ4v) is 3.15. The first-order chi connectivity index (χ1) is 14.5. The van der Waals surface area contributed by atoms with Crippen molar-refractivity contribution in [3.8, 4) is 5.75 Å². The van der Waals surface area contributed by atoms with Gasteiger partial charge in [0.25, 0.3) is 11.1 Å². The van der Waals surface area contributed by atoms with Crippen molar-refractivity contribution in [1.29, 1.82) is 0 Å². The molecule has 0 saturated carbocycles. The van der Waals surface area contributed by atoms with Crippen molar-refractivity contribution in [1.82, 2.24) is 19.9 Å². The van der Waals surface area contributed by atoms with Gasteiger partial charge in [-0.25, -0.2) is 0 Å². The first kappa shape index (κ1) is 19.5. The first-order valence-electron chi connectivity index (χ1n) is 9.05. The molecule has 0 fully saturated rings. The molecule has 9 heteroatoms. The predicted octanol–water partition coefficient (Wildman–Crippen LogP) is 2.62. The molecule has 0 unspecified atom stereocenters. The number of ether oxygens (including phenoxy) is 1. The van der Waals surface area contributed by atoms with Gasteiger partial charge in [-0.05, 0) is 41.4 Å². The molecule has 2 aromatic heterocycles. The molecule has 0 saturated heterocycles. The molecule has 0 atom stereocenters. The van der Waals surface area contributed by atoms with Crippen molar-refractivity contribution in [2.45, 2.75) is 6.42 Å². The van der Waals surface area contributed by atoms with E-state index in [4.69, 9.17) is 17.0 Å². The molecule has 0 aliphatic carbocycles. The van der Waals surface area contributed by atoms with Crippen molar-refractivity contribution < 1.29 is 4.74 Å². The van der Waals surface area contributed by atoms with E-state index in [0.717, 1.165) is 15.6 Å².